The van der Waals surface area contributed by atoms with E-state index in [1.807, 2.05) is 58.1 Å². The number of carbonyl (C=O) groups is 1. The van der Waals surface area contributed by atoms with Gasteiger partial charge in [0.05, 0.1) is 5.71 Å². The van der Waals surface area contributed by atoms with Gasteiger partial charge in [-0.3, -0.25) is 15.2 Å². The van der Waals surface area contributed by atoms with Gasteiger partial charge in [0.15, 0.2) is 0 Å². The molecule has 0 bridgehead atoms. The molecular formula is C31H45FN4O2. The Labute approximate surface area is 227 Å². The standard InChI is InChI=1S/C28H36FN3O.C2H6.CH3NO/c1-4-10-26(30)24(27(31)22-14-17-32-21(3)18-22)12-8-9-16-28(20-33,15-5-2)19-23-11-6-7-13-25(23)29;1-2;2-1-3/h4,6-8,10-14,17-18,31,33H,5,9,15-16,19-20,30H2,1-3H3;1-2H3;1H,(H2,2,3)/b10-4-,12-8+,26-24-,31-27?;;. The van der Waals surface area contributed by atoms with E-state index >= 15 is 0 Å². The highest BCUT2D eigenvalue weighted by atomic mass is 19.1. The fraction of sp³-hybridized carbons (Fsp3) is 0.387. The van der Waals surface area contributed by atoms with E-state index in [0.29, 0.717) is 41.8 Å². The molecule has 1 unspecified atom stereocenters. The number of hydrogen-bond donors (Lipinski definition) is 4. The lowest BCUT2D eigenvalue weighted by molar-refractivity contribution is -0.106. The first-order valence-corrected chi connectivity index (χ1v) is 13.1. The van der Waals surface area contributed by atoms with Crippen LogP contribution in [-0.2, 0) is 11.2 Å². The van der Waals surface area contributed by atoms with Crippen LogP contribution in [0.5, 0.6) is 0 Å². The molecule has 1 aromatic heterocycles. The smallest absolute Gasteiger partial charge is 0.204 e. The topological polar surface area (TPSA) is 126 Å². The van der Waals surface area contributed by atoms with Crippen molar-refractivity contribution in [1.82, 2.24) is 4.98 Å². The highest BCUT2D eigenvalue weighted by Crippen LogP contribution is 2.34. The van der Waals surface area contributed by atoms with E-state index in [4.69, 9.17) is 15.9 Å². The first kappa shape index (κ1) is 34.4. The average molecular weight is 525 g/mol. The molecule has 1 heterocycles. The number of aliphatic hydroxyl groups excluding tert-OH is 1. The molecule has 1 amide bonds. The maximum absolute atomic E-state index is 14.3. The Morgan fingerprint density at radius 3 is 2.39 bits per heavy atom. The monoisotopic (exact) mass is 524 g/mol. The maximum atomic E-state index is 14.3. The number of halogens is 1. The van der Waals surface area contributed by atoms with Gasteiger partial charge in [0.1, 0.15) is 5.82 Å². The summed E-state index contributed by atoms with van der Waals surface area (Å²) in [5.41, 5.74) is 13.8. The fourth-order valence-electron chi connectivity index (χ4n) is 4.13. The van der Waals surface area contributed by atoms with Gasteiger partial charge in [-0.05, 0) is 74.8 Å². The molecule has 0 saturated heterocycles. The van der Waals surface area contributed by atoms with Crippen LogP contribution >= 0.6 is 0 Å². The van der Waals surface area contributed by atoms with Gasteiger partial charge >= 0.3 is 0 Å². The summed E-state index contributed by atoms with van der Waals surface area (Å²) in [4.78, 5) is 12.8. The van der Waals surface area contributed by atoms with Gasteiger partial charge in [-0.15, -0.1) is 0 Å². The zero-order chi connectivity index (χ0) is 29.0. The van der Waals surface area contributed by atoms with E-state index in [9.17, 15) is 9.50 Å². The Morgan fingerprint density at radius 2 is 1.84 bits per heavy atom. The first-order valence-electron chi connectivity index (χ1n) is 13.1. The number of pyridine rings is 1. The van der Waals surface area contributed by atoms with Gasteiger partial charge in [-0.1, -0.05) is 63.6 Å². The van der Waals surface area contributed by atoms with Crippen LogP contribution in [0, 0.1) is 23.6 Å². The van der Waals surface area contributed by atoms with Gasteiger partial charge in [0.25, 0.3) is 0 Å². The molecule has 2 rings (SSSR count). The predicted octanol–water partition coefficient (Wildman–Crippen LogP) is 6.17. The third kappa shape index (κ3) is 11.6. The van der Waals surface area contributed by atoms with Gasteiger partial charge in [-0.2, -0.15) is 0 Å². The largest absolute Gasteiger partial charge is 0.398 e. The zero-order valence-electron chi connectivity index (χ0n) is 23.5. The summed E-state index contributed by atoms with van der Waals surface area (Å²) in [6.45, 7) is 9.86. The Hall–Kier alpha value is -3.58. The van der Waals surface area contributed by atoms with E-state index in [-0.39, 0.29) is 18.8 Å². The minimum absolute atomic E-state index is 0.00145. The Morgan fingerprint density at radius 1 is 1.18 bits per heavy atom. The molecule has 38 heavy (non-hydrogen) atoms. The Bertz CT molecular complexity index is 1080. The summed E-state index contributed by atoms with van der Waals surface area (Å²) in [5, 5.41) is 19.0. The van der Waals surface area contributed by atoms with Gasteiger partial charge in [-0.25, -0.2) is 4.39 Å². The Balaban J connectivity index is 0.00000255. The number of allylic oxidation sites excluding steroid dienone is 5. The summed E-state index contributed by atoms with van der Waals surface area (Å²) in [7, 11) is 0. The van der Waals surface area contributed by atoms with E-state index in [0.717, 1.165) is 24.1 Å². The molecule has 0 aliphatic rings. The first-order chi connectivity index (χ1) is 18.3. The quantitative estimate of drug-likeness (QED) is 0.150. The second-order valence-corrected chi connectivity index (χ2v) is 8.68. The molecule has 0 spiro atoms. The molecule has 0 aliphatic carbocycles. The molecule has 0 saturated carbocycles. The number of primary amides is 1. The van der Waals surface area contributed by atoms with E-state index in [1.165, 1.54) is 6.07 Å². The number of amides is 1. The zero-order valence-corrected chi connectivity index (χ0v) is 23.5. The molecule has 7 heteroatoms. The Kier molecular flexibility index (Phi) is 17.7. The van der Waals surface area contributed by atoms with Crippen molar-refractivity contribution >= 4 is 12.1 Å². The van der Waals surface area contributed by atoms with Crippen molar-refractivity contribution in [2.24, 2.45) is 16.9 Å². The molecular weight excluding hydrogens is 479 g/mol. The van der Waals surface area contributed by atoms with Crippen LogP contribution in [0.4, 0.5) is 4.39 Å². The average Bonchev–Trinajstić information content (AvgIpc) is 2.91. The van der Waals surface area contributed by atoms with Crippen molar-refractivity contribution in [3.8, 4) is 0 Å². The van der Waals surface area contributed by atoms with Crippen LogP contribution < -0.4 is 11.5 Å². The number of aliphatic hydroxyl groups is 1. The number of rotatable bonds is 12. The third-order valence-electron chi connectivity index (χ3n) is 5.88. The highest BCUT2D eigenvalue weighted by Gasteiger charge is 2.29. The minimum Gasteiger partial charge on any atom is -0.398 e. The van der Waals surface area contributed by atoms with Gasteiger partial charge < -0.3 is 16.6 Å². The highest BCUT2D eigenvalue weighted by molar-refractivity contribution is 6.13. The maximum Gasteiger partial charge on any atom is 0.204 e. The lowest BCUT2D eigenvalue weighted by atomic mass is 9.75. The lowest BCUT2D eigenvalue weighted by Crippen LogP contribution is -2.28. The molecule has 6 nitrogen and oxygen atoms in total. The lowest BCUT2D eigenvalue weighted by Gasteiger charge is -2.32. The van der Waals surface area contributed by atoms with Crippen molar-refractivity contribution < 1.29 is 14.3 Å². The normalized spacial score (nSPS) is 13.0. The van der Waals surface area contributed by atoms with Gasteiger partial charge in [0, 0.05) is 35.3 Å². The van der Waals surface area contributed by atoms with Crippen LogP contribution in [0.25, 0.3) is 0 Å². The summed E-state index contributed by atoms with van der Waals surface area (Å²) in [6.07, 6.45) is 13.1. The van der Waals surface area contributed by atoms with Crippen LogP contribution in [-0.4, -0.2) is 28.8 Å². The molecule has 2 aromatic rings. The van der Waals surface area contributed by atoms with Crippen molar-refractivity contribution in [3.05, 3.63) is 101 Å². The second kappa shape index (κ2) is 19.5. The van der Waals surface area contributed by atoms with Crippen LogP contribution in [0.3, 0.4) is 0 Å². The van der Waals surface area contributed by atoms with E-state index in [1.54, 1.807) is 30.5 Å². The number of nitrogens with zero attached hydrogens (tertiary/aromatic N) is 1. The summed E-state index contributed by atoms with van der Waals surface area (Å²) >= 11 is 0. The SMILES string of the molecule is CC.C\C=C/C(N)=C(\C=C\CCC(CO)(CCC)Cc1ccccc1F)C(=N)c1ccnc(C)c1.NC=O. The predicted molar refractivity (Wildman–Crippen MR) is 156 cm³/mol. The summed E-state index contributed by atoms with van der Waals surface area (Å²) in [5.74, 6) is -0.229. The summed E-state index contributed by atoms with van der Waals surface area (Å²) in [6, 6.07) is 10.5. The fourth-order valence-corrected chi connectivity index (χ4v) is 4.13. The molecule has 0 fully saturated rings. The molecule has 1 atom stereocenters. The second-order valence-electron chi connectivity index (χ2n) is 8.68. The number of carbonyl (C=O) groups excluding carboxylic acids is 1. The number of nitrogens with one attached hydrogen (secondary N) is 1. The number of nitrogens with two attached hydrogens (primary N) is 2. The van der Waals surface area contributed by atoms with E-state index < -0.39 is 5.41 Å². The molecule has 0 aliphatic heterocycles. The molecule has 208 valence electrons. The molecule has 6 N–H and O–H groups in total. The van der Waals surface area contributed by atoms with Crippen molar-refractivity contribution in [3.63, 3.8) is 0 Å². The van der Waals surface area contributed by atoms with Crippen LogP contribution in [0.2, 0.25) is 0 Å². The minimum atomic E-state index is -0.393. The van der Waals surface area contributed by atoms with Crippen LogP contribution in [0.1, 0.15) is 70.2 Å². The van der Waals surface area contributed by atoms with E-state index in [2.05, 4.69) is 17.6 Å². The van der Waals surface area contributed by atoms with Crippen molar-refractivity contribution in [2.75, 3.05) is 6.61 Å². The molecule has 1 aromatic carbocycles. The summed E-state index contributed by atoms with van der Waals surface area (Å²) < 4.78 is 14.3. The number of aromatic nitrogens is 1. The van der Waals surface area contributed by atoms with Crippen molar-refractivity contribution in [1.29, 1.82) is 5.41 Å². The number of aryl methyl sites for hydroxylation is 1. The number of benzene rings is 1. The van der Waals surface area contributed by atoms with Crippen LogP contribution in [0.15, 0.2) is 78.2 Å². The third-order valence-corrected chi connectivity index (χ3v) is 5.88. The van der Waals surface area contributed by atoms with Crippen molar-refractivity contribution in [2.45, 2.75) is 66.7 Å². The number of hydrogen-bond acceptors (Lipinski definition) is 5. The molecule has 0 radical (unpaired) electrons. The van der Waals surface area contributed by atoms with Gasteiger partial charge in [0.2, 0.25) is 6.41 Å².